The first kappa shape index (κ1) is 13.9. The Morgan fingerprint density at radius 1 is 1.38 bits per heavy atom. The van der Waals surface area contributed by atoms with Crippen LogP contribution in [0.25, 0.3) is 0 Å². The lowest BCUT2D eigenvalue weighted by atomic mass is 9.75. The second-order valence-electron chi connectivity index (χ2n) is 4.95. The van der Waals surface area contributed by atoms with E-state index in [1.54, 1.807) is 0 Å². The third-order valence-electron chi connectivity index (χ3n) is 3.65. The van der Waals surface area contributed by atoms with Gasteiger partial charge in [0.1, 0.15) is 0 Å². The number of ether oxygens (including phenoxy) is 1. The van der Waals surface area contributed by atoms with Gasteiger partial charge >= 0.3 is 0 Å². The Morgan fingerprint density at radius 2 is 2.12 bits per heavy atom. The van der Waals surface area contributed by atoms with Crippen LogP contribution in [-0.4, -0.2) is 36.5 Å². The molecule has 1 saturated carbocycles. The molecule has 96 valence electrons. The predicted octanol–water partition coefficient (Wildman–Crippen LogP) is 2.09. The Balaban J connectivity index is 2.03. The summed E-state index contributed by atoms with van der Waals surface area (Å²) in [6.07, 6.45) is 6.87. The molecule has 0 spiro atoms. The van der Waals surface area contributed by atoms with Gasteiger partial charge in [0, 0.05) is 18.7 Å². The quantitative estimate of drug-likeness (QED) is 0.595. The van der Waals surface area contributed by atoms with Gasteiger partial charge in [-0.15, -0.1) is 0 Å². The van der Waals surface area contributed by atoms with Crippen molar-refractivity contribution in [2.75, 3.05) is 19.8 Å². The summed E-state index contributed by atoms with van der Waals surface area (Å²) in [4.78, 5) is 0. The summed E-state index contributed by atoms with van der Waals surface area (Å²) >= 11 is 0. The highest BCUT2D eigenvalue weighted by Crippen LogP contribution is 2.34. The molecule has 0 bridgehead atoms. The van der Waals surface area contributed by atoms with Crippen LogP contribution in [0.3, 0.4) is 0 Å². The number of unbranched alkanes of at least 4 members (excludes halogenated alkanes) is 1. The lowest BCUT2D eigenvalue weighted by molar-refractivity contribution is 0.0264. The first-order chi connectivity index (χ1) is 7.72. The zero-order valence-electron chi connectivity index (χ0n) is 10.8. The number of hydrogen-bond acceptors (Lipinski definition) is 3. The van der Waals surface area contributed by atoms with Gasteiger partial charge in [0.25, 0.3) is 0 Å². The van der Waals surface area contributed by atoms with E-state index in [0.717, 1.165) is 25.9 Å². The fourth-order valence-electron chi connectivity index (χ4n) is 2.12. The number of nitrogens with one attached hydrogen (secondary N) is 1. The van der Waals surface area contributed by atoms with Crippen LogP contribution in [-0.2, 0) is 4.74 Å². The van der Waals surface area contributed by atoms with Gasteiger partial charge in [-0.2, -0.15) is 0 Å². The first-order valence-electron chi connectivity index (χ1n) is 6.73. The maximum absolute atomic E-state index is 9.74. The topological polar surface area (TPSA) is 41.5 Å². The maximum atomic E-state index is 9.74. The van der Waals surface area contributed by atoms with Gasteiger partial charge in [-0.1, -0.05) is 20.3 Å². The summed E-state index contributed by atoms with van der Waals surface area (Å²) in [6, 6.07) is 0. The minimum Gasteiger partial charge on any atom is -0.389 e. The molecule has 3 heteroatoms. The molecule has 0 aliphatic heterocycles. The first-order valence-corrected chi connectivity index (χ1v) is 6.73. The molecule has 1 rings (SSSR count). The fourth-order valence-corrected chi connectivity index (χ4v) is 2.12. The second kappa shape index (κ2) is 7.25. The van der Waals surface area contributed by atoms with E-state index in [9.17, 15) is 5.11 Å². The second-order valence-corrected chi connectivity index (χ2v) is 4.95. The lowest BCUT2D eigenvalue weighted by Gasteiger charge is -2.42. The molecular weight excluding hydrogens is 202 g/mol. The summed E-state index contributed by atoms with van der Waals surface area (Å²) in [7, 11) is 0. The molecule has 1 aliphatic rings. The molecule has 0 saturated heterocycles. The molecular formula is C13H27NO2. The van der Waals surface area contributed by atoms with Gasteiger partial charge in [0.15, 0.2) is 0 Å². The van der Waals surface area contributed by atoms with Crippen molar-refractivity contribution in [1.29, 1.82) is 0 Å². The summed E-state index contributed by atoms with van der Waals surface area (Å²) < 4.78 is 5.40. The van der Waals surface area contributed by atoms with Crippen LogP contribution in [0.5, 0.6) is 0 Å². The largest absolute Gasteiger partial charge is 0.389 e. The molecule has 0 amide bonds. The molecule has 1 atom stereocenters. The van der Waals surface area contributed by atoms with Gasteiger partial charge in [0.05, 0.1) is 12.7 Å². The summed E-state index contributed by atoms with van der Waals surface area (Å²) in [5.41, 5.74) is 0.324. The van der Waals surface area contributed by atoms with Crippen molar-refractivity contribution >= 4 is 0 Å². The van der Waals surface area contributed by atoms with Crippen LogP contribution in [0.1, 0.15) is 52.4 Å². The monoisotopic (exact) mass is 229 g/mol. The van der Waals surface area contributed by atoms with Crippen molar-refractivity contribution in [2.24, 2.45) is 0 Å². The molecule has 0 aromatic rings. The predicted molar refractivity (Wildman–Crippen MR) is 66.6 cm³/mol. The molecule has 1 unspecified atom stereocenters. The van der Waals surface area contributed by atoms with Gasteiger partial charge in [-0.3, -0.25) is 0 Å². The maximum Gasteiger partial charge on any atom is 0.0897 e. The Hall–Kier alpha value is -0.120. The number of aliphatic hydroxyl groups is 1. The van der Waals surface area contributed by atoms with Crippen LogP contribution in [0, 0.1) is 0 Å². The van der Waals surface area contributed by atoms with Crippen LogP contribution >= 0.6 is 0 Å². The molecule has 2 N–H and O–H groups in total. The van der Waals surface area contributed by atoms with Gasteiger partial charge in [0.2, 0.25) is 0 Å². The van der Waals surface area contributed by atoms with Crippen molar-refractivity contribution in [3.63, 3.8) is 0 Å². The van der Waals surface area contributed by atoms with Crippen molar-refractivity contribution in [1.82, 2.24) is 5.32 Å². The summed E-state index contributed by atoms with van der Waals surface area (Å²) in [5, 5.41) is 13.2. The van der Waals surface area contributed by atoms with E-state index in [1.807, 2.05) is 0 Å². The molecule has 0 radical (unpaired) electrons. The van der Waals surface area contributed by atoms with Crippen LogP contribution in [0.15, 0.2) is 0 Å². The molecule has 0 aromatic heterocycles. The van der Waals surface area contributed by atoms with Gasteiger partial charge in [-0.05, 0) is 32.1 Å². The zero-order valence-corrected chi connectivity index (χ0v) is 10.8. The minimum absolute atomic E-state index is 0.324. The van der Waals surface area contributed by atoms with Gasteiger partial charge in [-0.25, -0.2) is 0 Å². The van der Waals surface area contributed by atoms with Crippen molar-refractivity contribution in [3.8, 4) is 0 Å². The van der Waals surface area contributed by atoms with E-state index < -0.39 is 0 Å². The van der Waals surface area contributed by atoms with Crippen molar-refractivity contribution < 1.29 is 9.84 Å². The molecule has 0 heterocycles. The highest BCUT2D eigenvalue weighted by Gasteiger charge is 2.34. The smallest absolute Gasteiger partial charge is 0.0897 e. The van der Waals surface area contributed by atoms with Crippen molar-refractivity contribution in [2.45, 2.75) is 64.0 Å². The lowest BCUT2D eigenvalue weighted by Crippen LogP contribution is -2.53. The Kier molecular flexibility index (Phi) is 6.32. The number of aliphatic hydroxyl groups excluding tert-OH is 1. The Bertz CT molecular complexity index is 175. The molecule has 16 heavy (non-hydrogen) atoms. The fraction of sp³-hybridized carbons (Fsp3) is 1.00. The molecule has 1 aliphatic carbocycles. The summed E-state index contributed by atoms with van der Waals surface area (Å²) in [5.74, 6) is 0. The van der Waals surface area contributed by atoms with Crippen LogP contribution in [0.2, 0.25) is 0 Å². The van der Waals surface area contributed by atoms with Crippen molar-refractivity contribution in [3.05, 3.63) is 0 Å². The average Bonchev–Trinajstić information content (AvgIpc) is 2.24. The molecule has 0 aromatic carbocycles. The highest BCUT2D eigenvalue weighted by atomic mass is 16.5. The minimum atomic E-state index is -0.360. The van der Waals surface area contributed by atoms with E-state index in [2.05, 4.69) is 19.2 Å². The normalized spacial score (nSPS) is 20.4. The van der Waals surface area contributed by atoms with E-state index in [1.165, 1.54) is 19.3 Å². The van der Waals surface area contributed by atoms with E-state index in [0.29, 0.717) is 18.7 Å². The Labute approximate surface area is 99.6 Å². The molecule has 1 fully saturated rings. The third kappa shape index (κ3) is 4.40. The average molecular weight is 229 g/mol. The summed E-state index contributed by atoms with van der Waals surface area (Å²) in [6.45, 7) is 6.26. The highest BCUT2D eigenvalue weighted by molar-refractivity contribution is 4.94. The Morgan fingerprint density at radius 3 is 2.62 bits per heavy atom. The van der Waals surface area contributed by atoms with E-state index in [-0.39, 0.29) is 6.10 Å². The third-order valence-corrected chi connectivity index (χ3v) is 3.65. The van der Waals surface area contributed by atoms with E-state index >= 15 is 0 Å². The van der Waals surface area contributed by atoms with Crippen LogP contribution < -0.4 is 5.32 Å². The zero-order chi connectivity index (χ0) is 11.9. The SMILES string of the molecule is CCCCOCC(O)CNC1(CC)CCC1. The molecule has 3 nitrogen and oxygen atoms in total. The number of hydrogen-bond donors (Lipinski definition) is 2. The number of β-amino-alcohol motifs (C(OH)–C–C–N with tert-alkyl or cyclic N) is 1. The number of rotatable bonds is 9. The standard InChI is InChI=1S/C13H27NO2/c1-3-5-9-16-11-12(15)10-14-13(4-2)7-6-8-13/h12,14-15H,3-11H2,1-2H3. The van der Waals surface area contributed by atoms with E-state index in [4.69, 9.17) is 4.74 Å². The van der Waals surface area contributed by atoms with Crippen LogP contribution in [0.4, 0.5) is 0 Å². The van der Waals surface area contributed by atoms with Gasteiger partial charge < -0.3 is 15.2 Å².